The van der Waals surface area contributed by atoms with Gasteiger partial charge in [0.05, 0.1) is 36.7 Å². The number of aromatic nitrogens is 2. The van der Waals surface area contributed by atoms with Crippen molar-refractivity contribution in [2.75, 3.05) is 13.7 Å². The lowest BCUT2D eigenvalue weighted by atomic mass is 10.0. The van der Waals surface area contributed by atoms with Crippen molar-refractivity contribution in [1.82, 2.24) is 19.8 Å². The molecule has 0 aliphatic rings. The molecule has 0 atom stereocenters. The average Bonchev–Trinajstić information content (AvgIpc) is 3.82. The van der Waals surface area contributed by atoms with Crippen molar-refractivity contribution in [3.8, 4) is 5.88 Å². The Morgan fingerprint density at radius 3 is 1.55 bits per heavy atom. The third-order valence-corrected chi connectivity index (χ3v) is 9.86. The molecule has 9 nitrogen and oxygen atoms in total. The third-order valence-electron chi connectivity index (χ3n) is 9.86. The topological polar surface area (TPSA) is 98.9 Å². The van der Waals surface area contributed by atoms with Crippen LogP contribution in [0.1, 0.15) is 113 Å². The van der Waals surface area contributed by atoms with E-state index in [0.717, 1.165) is 58.9 Å². The van der Waals surface area contributed by atoms with Gasteiger partial charge in [0.1, 0.15) is 6.61 Å². The van der Waals surface area contributed by atoms with Gasteiger partial charge in [0.25, 0.3) is 11.8 Å². The monoisotopic (exact) mass is 851 g/mol. The number of hydrogen-bond acceptors (Lipinski definition) is 5. The predicted octanol–water partition coefficient (Wildman–Crippen LogP) is 10.5. The molecule has 62 heavy (non-hydrogen) atoms. The van der Waals surface area contributed by atoms with Gasteiger partial charge >= 0.3 is 0 Å². The summed E-state index contributed by atoms with van der Waals surface area (Å²) in [5.74, 6) is -3.56. The second-order valence-electron chi connectivity index (χ2n) is 15.2. The van der Waals surface area contributed by atoms with Crippen LogP contribution in [-0.2, 0) is 31.0 Å². The lowest BCUT2D eigenvalue weighted by molar-refractivity contribution is 0.0941. The molecule has 2 aromatic heterocycles. The summed E-state index contributed by atoms with van der Waals surface area (Å²) in [5.41, 5.74) is 6.63. The van der Waals surface area contributed by atoms with E-state index in [-0.39, 0.29) is 36.7 Å². The summed E-state index contributed by atoms with van der Waals surface area (Å²) < 4.78 is 62.8. The zero-order chi connectivity index (χ0) is 44.8. The molecule has 0 aliphatic carbocycles. The molecule has 2 amide bonds. The fraction of sp³-hybridized carbons (Fsp3) is 0.286. The van der Waals surface area contributed by atoms with E-state index in [2.05, 4.69) is 20.4 Å². The first-order valence-electron chi connectivity index (χ1n) is 20.5. The van der Waals surface area contributed by atoms with Crippen LogP contribution >= 0.6 is 0 Å². The molecule has 0 aliphatic heterocycles. The first kappa shape index (κ1) is 46.4. The van der Waals surface area contributed by atoms with E-state index in [9.17, 15) is 27.2 Å². The van der Waals surface area contributed by atoms with Gasteiger partial charge in [0, 0.05) is 37.1 Å². The van der Waals surface area contributed by atoms with Crippen LogP contribution in [0.15, 0.2) is 114 Å². The van der Waals surface area contributed by atoms with Crippen molar-refractivity contribution in [2.24, 2.45) is 5.16 Å². The van der Waals surface area contributed by atoms with Gasteiger partial charge in [-0.25, -0.2) is 17.6 Å². The van der Waals surface area contributed by atoms with Crippen LogP contribution in [0, 0.1) is 23.3 Å². The van der Waals surface area contributed by atoms with Gasteiger partial charge in [-0.1, -0.05) is 113 Å². The summed E-state index contributed by atoms with van der Waals surface area (Å²) in [6, 6.07) is 30.6. The molecule has 4 aromatic carbocycles. The lowest BCUT2D eigenvalue weighted by Crippen LogP contribution is -2.24. The fourth-order valence-electron chi connectivity index (χ4n) is 6.97. The number of halogens is 4. The molecule has 6 aromatic rings. The highest BCUT2D eigenvalue weighted by molar-refractivity contribution is 5.98. The number of ether oxygens (including phenoxy) is 1. The van der Waals surface area contributed by atoms with Crippen molar-refractivity contribution in [3.05, 3.63) is 183 Å². The van der Waals surface area contributed by atoms with Crippen LogP contribution in [-0.4, -0.2) is 40.9 Å². The smallest absolute Gasteiger partial charge is 0.253 e. The standard InChI is InChI=1S/C26H29F2N3O2.C23H24F2N2O2/c1-4-12-33-30-16-21-14-22(26(32)29-15-20-10-11-23(27)24(28)13-20)25(18(2)3)31(21)17-19-8-6-5-7-9-19;1-15(2)22-18(23(28)26-13-17-9-10-19(24)20(25)11-17)12-21(29-3)27(22)14-16-7-5-4-6-8-16/h5-11,13-14,16,18H,4,12,15,17H2,1-3H3,(H,29,32);4-12,15H,13-14H2,1-3H3,(H,26,28)/b30-16+;. The highest BCUT2D eigenvalue weighted by Gasteiger charge is 2.24. The molecule has 0 bridgehead atoms. The summed E-state index contributed by atoms with van der Waals surface area (Å²) in [5, 5.41) is 9.67. The molecular weight excluding hydrogens is 799 g/mol. The minimum absolute atomic E-state index is 0.0523. The van der Waals surface area contributed by atoms with Gasteiger partial charge in [0.2, 0.25) is 0 Å². The van der Waals surface area contributed by atoms with E-state index in [0.29, 0.717) is 47.8 Å². The average molecular weight is 852 g/mol. The van der Waals surface area contributed by atoms with Crippen LogP contribution in [0.4, 0.5) is 17.6 Å². The zero-order valence-corrected chi connectivity index (χ0v) is 35.9. The summed E-state index contributed by atoms with van der Waals surface area (Å²) in [6.45, 7) is 11.9. The number of nitrogens with zero attached hydrogens (tertiary/aromatic N) is 3. The van der Waals surface area contributed by atoms with Crippen molar-refractivity contribution < 1.29 is 36.7 Å². The molecule has 0 saturated carbocycles. The molecule has 0 unspecified atom stereocenters. The summed E-state index contributed by atoms with van der Waals surface area (Å²) in [4.78, 5) is 31.3. The second-order valence-corrected chi connectivity index (χ2v) is 15.2. The van der Waals surface area contributed by atoms with Crippen LogP contribution in [0.3, 0.4) is 0 Å². The fourth-order valence-corrected chi connectivity index (χ4v) is 6.97. The Morgan fingerprint density at radius 2 is 1.10 bits per heavy atom. The van der Waals surface area contributed by atoms with Crippen molar-refractivity contribution in [2.45, 2.75) is 79.1 Å². The minimum atomic E-state index is -0.941. The number of carbonyl (C=O) groups is 2. The van der Waals surface area contributed by atoms with E-state index in [1.165, 1.54) is 12.1 Å². The highest BCUT2D eigenvalue weighted by Crippen LogP contribution is 2.30. The van der Waals surface area contributed by atoms with E-state index in [4.69, 9.17) is 9.57 Å². The molecule has 0 fully saturated rings. The number of rotatable bonds is 17. The van der Waals surface area contributed by atoms with E-state index >= 15 is 0 Å². The third kappa shape index (κ3) is 12.2. The van der Waals surface area contributed by atoms with Gasteiger partial charge in [0.15, 0.2) is 29.1 Å². The number of benzene rings is 4. The number of oxime groups is 1. The molecule has 326 valence electrons. The normalized spacial score (nSPS) is 11.2. The largest absolute Gasteiger partial charge is 0.482 e. The Hall–Kier alpha value is -6.63. The minimum Gasteiger partial charge on any atom is -0.482 e. The molecule has 2 N–H and O–H groups in total. The Bertz CT molecular complexity index is 2450. The van der Waals surface area contributed by atoms with Crippen LogP contribution in [0.25, 0.3) is 0 Å². The van der Waals surface area contributed by atoms with Crippen molar-refractivity contribution >= 4 is 18.0 Å². The molecule has 2 heterocycles. The maximum atomic E-state index is 13.5. The number of carbonyl (C=O) groups excluding carboxylic acids is 2. The van der Waals surface area contributed by atoms with Crippen LogP contribution < -0.4 is 15.4 Å². The number of hydrogen-bond donors (Lipinski definition) is 2. The molecular formula is C49H53F4N5O4. The Kier molecular flexibility index (Phi) is 16.7. The molecule has 6 rings (SSSR count). The van der Waals surface area contributed by atoms with E-state index in [1.54, 1.807) is 25.5 Å². The van der Waals surface area contributed by atoms with Gasteiger partial charge in [-0.3, -0.25) is 9.59 Å². The van der Waals surface area contributed by atoms with E-state index in [1.807, 2.05) is 99.8 Å². The molecule has 0 spiro atoms. The Morgan fingerprint density at radius 1 is 0.629 bits per heavy atom. The van der Waals surface area contributed by atoms with Crippen molar-refractivity contribution in [3.63, 3.8) is 0 Å². The highest BCUT2D eigenvalue weighted by atomic mass is 19.2. The summed E-state index contributed by atoms with van der Waals surface area (Å²) in [6.07, 6.45) is 2.47. The predicted molar refractivity (Wildman–Crippen MR) is 234 cm³/mol. The van der Waals surface area contributed by atoms with Crippen LogP contribution in [0.2, 0.25) is 0 Å². The lowest BCUT2D eigenvalue weighted by Gasteiger charge is -2.16. The second kappa shape index (κ2) is 22.3. The molecule has 13 heteroatoms. The number of methoxy groups -OCH3 is 1. The quantitative estimate of drug-likeness (QED) is 0.0413. The van der Waals surface area contributed by atoms with Crippen molar-refractivity contribution in [1.29, 1.82) is 0 Å². The number of nitrogens with one attached hydrogen (secondary N) is 2. The summed E-state index contributed by atoms with van der Waals surface area (Å²) >= 11 is 0. The van der Waals surface area contributed by atoms with Gasteiger partial charge < -0.3 is 29.3 Å². The van der Waals surface area contributed by atoms with Crippen LogP contribution in [0.5, 0.6) is 5.88 Å². The Balaban J connectivity index is 0.000000236. The van der Waals surface area contributed by atoms with Gasteiger partial charge in [-0.05, 0) is 70.8 Å². The zero-order valence-electron chi connectivity index (χ0n) is 35.9. The SMILES string of the molecule is CCCO/N=C/c1cc(C(=O)NCc2ccc(F)c(F)c2)c(C(C)C)n1Cc1ccccc1.COc1cc(C(=O)NCc2ccc(F)c(F)c2)c(C(C)C)n1Cc1ccccc1. The molecule has 0 saturated heterocycles. The number of amides is 2. The Labute approximate surface area is 360 Å². The maximum absolute atomic E-state index is 13.5. The first-order valence-corrected chi connectivity index (χ1v) is 20.5. The first-order chi connectivity index (χ1) is 29.8. The molecule has 0 radical (unpaired) electrons. The van der Waals surface area contributed by atoms with E-state index < -0.39 is 23.3 Å². The summed E-state index contributed by atoms with van der Waals surface area (Å²) in [7, 11) is 1.57. The maximum Gasteiger partial charge on any atom is 0.253 e. The van der Waals surface area contributed by atoms with Gasteiger partial charge in [-0.2, -0.15) is 0 Å². The van der Waals surface area contributed by atoms with Gasteiger partial charge in [-0.15, -0.1) is 0 Å².